The molecule has 2 aromatic carbocycles. The Hall–Kier alpha value is -3.51. The molecule has 1 aliphatic rings. The zero-order chi connectivity index (χ0) is 19.6. The van der Waals surface area contributed by atoms with Gasteiger partial charge in [-0.3, -0.25) is 4.90 Å². The Balaban J connectivity index is 2.16. The minimum atomic E-state index is -0.589. The molecule has 6 heteroatoms. The van der Waals surface area contributed by atoms with Crippen LogP contribution in [0.25, 0.3) is 11.1 Å². The maximum absolute atomic E-state index is 12.1. The number of ether oxygens (including phenoxy) is 1. The molecule has 27 heavy (non-hydrogen) atoms. The van der Waals surface area contributed by atoms with Gasteiger partial charge in [0.05, 0.1) is 17.9 Å². The predicted molar refractivity (Wildman–Crippen MR) is 102 cm³/mol. The van der Waals surface area contributed by atoms with E-state index in [0.29, 0.717) is 35.9 Å². The van der Waals surface area contributed by atoms with E-state index >= 15 is 0 Å². The van der Waals surface area contributed by atoms with Crippen LogP contribution >= 0.6 is 0 Å². The SMILES string of the molecule is CC(C)c1ccc(-c2cc(N(C)C(=O)NC#N)c(C#N)c3c2OCC3)cc1. The van der Waals surface area contributed by atoms with Crippen LogP contribution in [0.4, 0.5) is 10.5 Å². The third kappa shape index (κ3) is 3.30. The molecule has 136 valence electrons. The molecule has 0 bridgehead atoms. The average molecular weight is 360 g/mol. The van der Waals surface area contributed by atoms with E-state index < -0.39 is 6.03 Å². The standard InChI is InChI=1S/C21H20N4O2/c1-13(2)14-4-6-15(7-5-14)17-10-19(25(3)21(26)24-12-23)18(11-22)16-8-9-27-20(16)17/h4-7,10,13H,8-9H2,1-3H3,(H,24,26). The fourth-order valence-corrected chi connectivity index (χ4v) is 3.26. The summed E-state index contributed by atoms with van der Waals surface area (Å²) in [4.78, 5) is 13.4. The molecule has 0 aliphatic carbocycles. The first-order chi connectivity index (χ1) is 13.0. The van der Waals surface area contributed by atoms with E-state index in [0.717, 1.165) is 16.7 Å². The monoisotopic (exact) mass is 360 g/mol. The summed E-state index contributed by atoms with van der Waals surface area (Å²) in [6.45, 7) is 4.77. The molecule has 0 radical (unpaired) electrons. The van der Waals surface area contributed by atoms with Crippen LogP contribution in [-0.2, 0) is 6.42 Å². The molecule has 3 rings (SSSR count). The number of nitrogens with zero attached hydrogens (tertiary/aromatic N) is 3. The van der Waals surface area contributed by atoms with E-state index in [1.54, 1.807) is 12.3 Å². The minimum absolute atomic E-state index is 0.403. The topological polar surface area (TPSA) is 89.2 Å². The molecule has 0 spiro atoms. The number of carbonyl (C=O) groups excluding carboxylic acids is 1. The second-order valence-electron chi connectivity index (χ2n) is 6.71. The lowest BCUT2D eigenvalue weighted by molar-refractivity contribution is 0.251. The lowest BCUT2D eigenvalue weighted by Gasteiger charge is -2.21. The van der Waals surface area contributed by atoms with Crippen LogP contribution in [0.3, 0.4) is 0 Å². The normalized spacial score (nSPS) is 11.9. The van der Waals surface area contributed by atoms with Crippen LogP contribution in [0.1, 0.15) is 36.5 Å². The van der Waals surface area contributed by atoms with Crippen LogP contribution in [0.15, 0.2) is 30.3 Å². The summed E-state index contributed by atoms with van der Waals surface area (Å²) in [7, 11) is 1.54. The second-order valence-corrected chi connectivity index (χ2v) is 6.71. The molecular formula is C21H20N4O2. The number of nitrogens with one attached hydrogen (secondary N) is 1. The van der Waals surface area contributed by atoms with E-state index in [4.69, 9.17) is 10.00 Å². The van der Waals surface area contributed by atoms with Gasteiger partial charge in [0.1, 0.15) is 11.8 Å². The van der Waals surface area contributed by atoms with Crippen molar-refractivity contribution in [2.75, 3.05) is 18.6 Å². The number of urea groups is 1. The first-order valence-electron chi connectivity index (χ1n) is 8.73. The summed E-state index contributed by atoms with van der Waals surface area (Å²) < 4.78 is 5.82. The lowest BCUT2D eigenvalue weighted by atomic mass is 9.93. The Kier molecular flexibility index (Phi) is 5.00. The number of hydrogen-bond donors (Lipinski definition) is 1. The summed E-state index contributed by atoms with van der Waals surface area (Å²) in [6, 6.07) is 11.6. The molecule has 1 aliphatic heterocycles. The van der Waals surface area contributed by atoms with Gasteiger partial charge in [-0.15, -0.1) is 0 Å². The smallest absolute Gasteiger partial charge is 0.334 e. The van der Waals surface area contributed by atoms with Crippen molar-refractivity contribution in [3.05, 3.63) is 47.0 Å². The molecule has 2 amide bonds. The number of benzene rings is 2. The van der Waals surface area contributed by atoms with Crippen molar-refractivity contribution in [3.8, 4) is 29.1 Å². The number of carbonyl (C=O) groups is 1. The molecule has 0 saturated heterocycles. The van der Waals surface area contributed by atoms with Crippen molar-refractivity contribution in [3.63, 3.8) is 0 Å². The van der Waals surface area contributed by atoms with Crippen LogP contribution in [0.5, 0.6) is 5.75 Å². The third-order valence-corrected chi connectivity index (χ3v) is 4.79. The van der Waals surface area contributed by atoms with Gasteiger partial charge < -0.3 is 4.74 Å². The Morgan fingerprint density at radius 2 is 1.96 bits per heavy atom. The van der Waals surface area contributed by atoms with Gasteiger partial charge in [-0.1, -0.05) is 38.1 Å². The first-order valence-corrected chi connectivity index (χ1v) is 8.73. The number of rotatable bonds is 3. The largest absolute Gasteiger partial charge is 0.492 e. The zero-order valence-electron chi connectivity index (χ0n) is 15.5. The molecule has 0 aromatic heterocycles. The Morgan fingerprint density at radius 3 is 2.56 bits per heavy atom. The highest BCUT2D eigenvalue weighted by atomic mass is 16.5. The highest BCUT2D eigenvalue weighted by Gasteiger charge is 2.27. The second kappa shape index (κ2) is 7.39. The number of nitriles is 2. The fraction of sp³-hybridized carbons (Fsp3) is 0.286. The van der Waals surface area contributed by atoms with Crippen molar-refractivity contribution >= 4 is 11.7 Å². The fourth-order valence-electron chi connectivity index (χ4n) is 3.26. The molecule has 0 fully saturated rings. The molecule has 6 nitrogen and oxygen atoms in total. The van der Waals surface area contributed by atoms with Crippen LogP contribution in [0.2, 0.25) is 0 Å². The van der Waals surface area contributed by atoms with E-state index in [1.165, 1.54) is 17.5 Å². The molecule has 0 saturated carbocycles. The Morgan fingerprint density at radius 1 is 1.26 bits per heavy atom. The van der Waals surface area contributed by atoms with Gasteiger partial charge in [-0.2, -0.15) is 10.5 Å². The number of fused-ring (bicyclic) bond motifs is 1. The molecule has 1 heterocycles. The summed E-state index contributed by atoms with van der Waals surface area (Å²) in [5.74, 6) is 1.13. The zero-order valence-corrected chi connectivity index (χ0v) is 15.5. The Bertz CT molecular complexity index is 966. The van der Waals surface area contributed by atoms with Gasteiger partial charge in [-0.05, 0) is 23.1 Å². The summed E-state index contributed by atoms with van der Waals surface area (Å²) in [6.07, 6.45) is 2.23. The quantitative estimate of drug-likeness (QED) is 0.664. The third-order valence-electron chi connectivity index (χ3n) is 4.79. The summed E-state index contributed by atoms with van der Waals surface area (Å²) in [5.41, 5.74) is 4.68. The highest BCUT2D eigenvalue weighted by molar-refractivity contribution is 5.96. The lowest BCUT2D eigenvalue weighted by Crippen LogP contribution is -2.35. The van der Waals surface area contributed by atoms with Gasteiger partial charge >= 0.3 is 6.03 Å². The van der Waals surface area contributed by atoms with Crippen LogP contribution in [-0.4, -0.2) is 19.7 Å². The Labute approximate surface area is 158 Å². The van der Waals surface area contributed by atoms with Gasteiger partial charge in [0, 0.05) is 24.6 Å². The van der Waals surface area contributed by atoms with Crippen molar-refractivity contribution in [1.82, 2.24) is 5.32 Å². The molecular weight excluding hydrogens is 340 g/mol. The van der Waals surface area contributed by atoms with Gasteiger partial charge in [0.2, 0.25) is 0 Å². The minimum Gasteiger partial charge on any atom is -0.492 e. The van der Waals surface area contributed by atoms with Crippen molar-refractivity contribution in [2.45, 2.75) is 26.2 Å². The van der Waals surface area contributed by atoms with Crippen molar-refractivity contribution in [1.29, 1.82) is 10.5 Å². The summed E-state index contributed by atoms with van der Waals surface area (Å²) in [5, 5.41) is 20.5. The van der Waals surface area contributed by atoms with Crippen molar-refractivity contribution in [2.24, 2.45) is 0 Å². The maximum Gasteiger partial charge on any atom is 0.334 e. The molecule has 1 N–H and O–H groups in total. The van der Waals surface area contributed by atoms with E-state index in [2.05, 4.69) is 37.4 Å². The van der Waals surface area contributed by atoms with E-state index in [1.807, 2.05) is 12.1 Å². The highest BCUT2D eigenvalue weighted by Crippen LogP contribution is 2.43. The van der Waals surface area contributed by atoms with Gasteiger partial charge in [0.25, 0.3) is 0 Å². The molecule has 0 unspecified atom stereocenters. The molecule has 2 aromatic rings. The maximum atomic E-state index is 12.1. The van der Waals surface area contributed by atoms with Gasteiger partial charge in [-0.25, -0.2) is 10.1 Å². The number of anilines is 1. The first kappa shape index (κ1) is 18.3. The van der Waals surface area contributed by atoms with Gasteiger partial charge in [0.15, 0.2) is 6.19 Å². The van der Waals surface area contributed by atoms with Crippen LogP contribution < -0.4 is 15.0 Å². The van der Waals surface area contributed by atoms with E-state index in [-0.39, 0.29) is 0 Å². The number of amides is 2. The van der Waals surface area contributed by atoms with Crippen LogP contribution in [0, 0.1) is 22.8 Å². The predicted octanol–water partition coefficient (Wildman–Crippen LogP) is 3.91. The number of hydrogen-bond acceptors (Lipinski definition) is 4. The summed E-state index contributed by atoms with van der Waals surface area (Å²) >= 11 is 0. The van der Waals surface area contributed by atoms with E-state index in [9.17, 15) is 10.1 Å². The van der Waals surface area contributed by atoms with Crippen molar-refractivity contribution < 1.29 is 9.53 Å². The molecule has 0 atom stereocenters. The average Bonchev–Trinajstić information content (AvgIpc) is 3.16.